The lowest BCUT2D eigenvalue weighted by molar-refractivity contribution is -0.161. The fourth-order valence-corrected chi connectivity index (χ4v) is 12.9. The highest BCUT2D eigenvalue weighted by molar-refractivity contribution is 7.47. The minimum Gasteiger partial charge on any atom is -0.462 e. The molecule has 558 valence electrons. The van der Waals surface area contributed by atoms with Crippen molar-refractivity contribution in [2.75, 3.05) is 39.6 Å². The molecule has 17 nitrogen and oxygen atoms in total. The fraction of sp³-hybridized carbons (Fsp3) is 0.947. The van der Waals surface area contributed by atoms with Gasteiger partial charge in [-0.3, -0.25) is 37.3 Å². The number of aliphatic hydroxyl groups is 1. The average Bonchev–Trinajstić information content (AvgIpc) is 1.68. The normalized spacial score (nSPS) is 14.4. The zero-order valence-electron chi connectivity index (χ0n) is 61.6. The van der Waals surface area contributed by atoms with Crippen LogP contribution in [0.3, 0.4) is 0 Å². The van der Waals surface area contributed by atoms with Gasteiger partial charge in [0.2, 0.25) is 0 Å². The third-order valence-electron chi connectivity index (χ3n) is 17.7. The number of esters is 4. The highest BCUT2D eigenvalue weighted by atomic mass is 31.2. The van der Waals surface area contributed by atoms with Crippen LogP contribution >= 0.6 is 15.6 Å². The minimum atomic E-state index is -4.96. The van der Waals surface area contributed by atoms with Gasteiger partial charge in [-0.1, -0.05) is 325 Å². The van der Waals surface area contributed by atoms with Crippen LogP contribution in [0.25, 0.3) is 0 Å². The molecule has 0 radical (unpaired) electrons. The van der Waals surface area contributed by atoms with Crippen LogP contribution in [0, 0.1) is 23.7 Å². The predicted molar refractivity (Wildman–Crippen MR) is 381 cm³/mol. The Morgan fingerprint density at radius 1 is 0.298 bits per heavy atom. The van der Waals surface area contributed by atoms with E-state index in [0.717, 1.165) is 114 Å². The van der Waals surface area contributed by atoms with Crippen molar-refractivity contribution in [2.24, 2.45) is 23.7 Å². The first-order valence-corrected chi connectivity index (χ1v) is 41.7. The molecule has 0 rings (SSSR count). The molecule has 0 saturated heterocycles. The van der Waals surface area contributed by atoms with Crippen molar-refractivity contribution in [3.8, 4) is 0 Å². The molecule has 0 bridgehead atoms. The van der Waals surface area contributed by atoms with E-state index in [2.05, 4.69) is 55.4 Å². The number of phosphoric acid groups is 2. The first-order valence-electron chi connectivity index (χ1n) is 38.7. The first-order chi connectivity index (χ1) is 45.1. The molecule has 0 amide bonds. The molecule has 0 aromatic carbocycles. The summed E-state index contributed by atoms with van der Waals surface area (Å²) in [5, 5.41) is 10.6. The highest BCUT2D eigenvalue weighted by Crippen LogP contribution is 2.45. The molecule has 0 fully saturated rings. The Kier molecular flexibility index (Phi) is 63.1. The third-order valence-corrected chi connectivity index (χ3v) is 19.6. The van der Waals surface area contributed by atoms with E-state index in [4.69, 9.17) is 37.0 Å². The summed E-state index contributed by atoms with van der Waals surface area (Å²) in [6, 6.07) is 0. The minimum absolute atomic E-state index is 0.105. The second-order valence-corrected chi connectivity index (χ2v) is 31.6. The van der Waals surface area contributed by atoms with E-state index in [-0.39, 0.29) is 25.7 Å². The maximum absolute atomic E-state index is 13.1. The van der Waals surface area contributed by atoms with E-state index in [9.17, 15) is 43.2 Å². The van der Waals surface area contributed by atoms with Gasteiger partial charge in [0, 0.05) is 25.7 Å². The second kappa shape index (κ2) is 64.4. The van der Waals surface area contributed by atoms with Gasteiger partial charge in [0.15, 0.2) is 12.2 Å². The molecule has 0 aliphatic carbocycles. The van der Waals surface area contributed by atoms with Crippen LogP contribution < -0.4 is 0 Å². The second-order valence-electron chi connectivity index (χ2n) is 28.7. The maximum atomic E-state index is 13.1. The van der Waals surface area contributed by atoms with E-state index < -0.39 is 97.5 Å². The summed E-state index contributed by atoms with van der Waals surface area (Å²) in [4.78, 5) is 72.8. The van der Waals surface area contributed by atoms with Gasteiger partial charge in [-0.2, -0.15) is 0 Å². The molecule has 0 aromatic rings. The van der Waals surface area contributed by atoms with E-state index >= 15 is 0 Å². The fourth-order valence-electron chi connectivity index (χ4n) is 11.3. The summed E-state index contributed by atoms with van der Waals surface area (Å²) < 4.78 is 68.5. The van der Waals surface area contributed by atoms with Crippen LogP contribution in [0.15, 0.2) is 0 Å². The molecule has 6 atom stereocenters. The van der Waals surface area contributed by atoms with Gasteiger partial charge in [0.05, 0.1) is 26.4 Å². The van der Waals surface area contributed by atoms with Crippen LogP contribution in [-0.4, -0.2) is 96.7 Å². The topological polar surface area (TPSA) is 237 Å². The Labute approximate surface area is 575 Å². The molecular weight excluding hydrogens is 1230 g/mol. The number of aliphatic hydroxyl groups excluding tert-OH is 1. The van der Waals surface area contributed by atoms with Gasteiger partial charge in [-0.05, 0) is 49.4 Å². The third kappa shape index (κ3) is 67.3. The van der Waals surface area contributed by atoms with Crippen LogP contribution in [0.2, 0.25) is 0 Å². The molecule has 19 heteroatoms. The van der Waals surface area contributed by atoms with Gasteiger partial charge in [-0.15, -0.1) is 0 Å². The molecule has 0 spiro atoms. The van der Waals surface area contributed by atoms with E-state index in [1.165, 1.54) is 173 Å². The average molecular weight is 1380 g/mol. The molecule has 0 aliphatic rings. The molecule has 0 aliphatic heterocycles. The smallest absolute Gasteiger partial charge is 0.462 e. The lowest BCUT2D eigenvalue weighted by Crippen LogP contribution is -2.30. The summed E-state index contributed by atoms with van der Waals surface area (Å²) in [6.07, 6.45) is 48.6. The predicted octanol–water partition coefficient (Wildman–Crippen LogP) is 21.7. The van der Waals surface area contributed by atoms with Crippen LogP contribution in [0.1, 0.15) is 376 Å². The van der Waals surface area contributed by atoms with Gasteiger partial charge >= 0.3 is 39.5 Å². The zero-order chi connectivity index (χ0) is 69.6. The number of ether oxygens (including phenoxy) is 4. The molecule has 94 heavy (non-hydrogen) atoms. The number of carbonyl (C=O) groups is 4. The molecule has 0 saturated carbocycles. The maximum Gasteiger partial charge on any atom is 0.472 e. The Morgan fingerprint density at radius 3 is 0.755 bits per heavy atom. The van der Waals surface area contributed by atoms with E-state index in [1.54, 1.807) is 0 Å². The number of phosphoric ester groups is 2. The molecule has 0 heterocycles. The summed E-state index contributed by atoms with van der Waals surface area (Å²) in [6.45, 7) is 14.2. The van der Waals surface area contributed by atoms with Crippen molar-refractivity contribution in [3.05, 3.63) is 0 Å². The summed E-state index contributed by atoms with van der Waals surface area (Å²) in [5.74, 6) is 0.935. The van der Waals surface area contributed by atoms with E-state index in [1.807, 2.05) is 0 Å². The van der Waals surface area contributed by atoms with Crippen LogP contribution in [-0.2, 0) is 65.4 Å². The van der Waals surface area contributed by atoms with Crippen molar-refractivity contribution in [3.63, 3.8) is 0 Å². The lowest BCUT2D eigenvalue weighted by atomic mass is 9.99. The standard InChI is InChI=1S/C75H146O17P2/c1-9-68(8)54-46-38-30-22-16-12-10-11-13-17-24-32-41-49-57-74(79)91-71(62-86-73(78)56-48-40-34-26-29-37-45-53-67(6)7)64-90-94(83,84)88-60-69(76)59-87-93(81,82)89-63-70(92-75(80)58-50-42-33-25-19-21-28-36-44-52-66(4)5)61-85-72(77)55-47-39-31-23-18-14-15-20-27-35-43-51-65(2)3/h65-71,76H,9-64H2,1-8H3,(H,81,82)(H,83,84)/t68?,69?,70-,71-/m1/s1. The number of carbonyl (C=O) groups excluding carboxylic acids is 4. The number of hydrogen-bond acceptors (Lipinski definition) is 15. The molecular formula is C75H146O17P2. The van der Waals surface area contributed by atoms with Gasteiger partial charge in [-0.25, -0.2) is 9.13 Å². The largest absolute Gasteiger partial charge is 0.472 e. The highest BCUT2D eigenvalue weighted by Gasteiger charge is 2.30. The Hall–Kier alpha value is -1.94. The zero-order valence-corrected chi connectivity index (χ0v) is 63.4. The number of unbranched alkanes of at least 4 members (excludes halogenated alkanes) is 37. The van der Waals surface area contributed by atoms with Crippen molar-refractivity contribution in [1.29, 1.82) is 0 Å². The summed E-state index contributed by atoms with van der Waals surface area (Å²) in [5.41, 5.74) is 0. The van der Waals surface area contributed by atoms with Gasteiger partial charge in [0.1, 0.15) is 19.3 Å². The molecule has 3 N–H and O–H groups in total. The van der Waals surface area contributed by atoms with Crippen molar-refractivity contribution >= 4 is 39.5 Å². The summed E-state index contributed by atoms with van der Waals surface area (Å²) in [7, 11) is -9.91. The van der Waals surface area contributed by atoms with Crippen molar-refractivity contribution in [1.82, 2.24) is 0 Å². The van der Waals surface area contributed by atoms with Gasteiger partial charge < -0.3 is 33.8 Å². The Balaban J connectivity index is 5.23. The number of hydrogen-bond donors (Lipinski definition) is 3. The number of rotatable bonds is 72. The Morgan fingerprint density at radius 2 is 0.511 bits per heavy atom. The van der Waals surface area contributed by atoms with Crippen LogP contribution in [0.5, 0.6) is 0 Å². The van der Waals surface area contributed by atoms with Gasteiger partial charge in [0.25, 0.3) is 0 Å². The lowest BCUT2D eigenvalue weighted by Gasteiger charge is -2.21. The van der Waals surface area contributed by atoms with Crippen LogP contribution in [0.4, 0.5) is 0 Å². The quantitative estimate of drug-likeness (QED) is 0.0222. The molecule has 0 aromatic heterocycles. The van der Waals surface area contributed by atoms with E-state index in [0.29, 0.717) is 31.6 Å². The Bertz CT molecular complexity index is 1850. The first kappa shape index (κ1) is 92.1. The van der Waals surface area contributed by atoms with Crippen molar-refractivity contribution in [2.45, 2.75) is 395 Å². The SMILES string of the molecule is CCC(C)CCCCCCCCCCCCCCCCC(=O)O[C@H](COC(=O)CCCCCCCCCC(C)C)COP(=O)(O)OCC(O)COP(=O)(O)OC[C@@H](COC(=O)CCCCCCCCCCCCCC(C)C)OC(=O)CCCCCCCCCCCC(C)C. The van der Waals surface area contributed by atoms with Crippen molar-refractivity contribution < 1.29 is 80.2 Å². The summed E-state index contributed by atoms with van der Waals surface area (Å²) >= 11 is 0. The molecule has 4 unspecified atom stereocenters. The monoisotopic (exact) mass is 1380 g/mol.